The van der Waals surface area contributed by atoms with Crippen LogP contribution in [0.2, 0.25) is 0 Å². The first-order valence-electron chi connectivity index (χ1n) is 7.53. The Bertz CT molecular complexity index is 494. The van der Waals surface area contributed by atoms with Crippen LogP contribution < -0.4 is 21.1 Å². The predicted octanol–water partition coefficient (Wildman–Crippen LogP) is 1.94. The molecule has 23 heavy (non-hydrogen) atoms. The Kier molecular flexibility index (Phi) is 10.0. The molecule has 2 unspecified atom stereocenters. The minimum absolute atomic E-state index is 0. The van der Waals surface area contributed by atoms with Crippen LogP contribution in [0, 0.1) is 5.92 Å². The quantitative estimate of drug-likeness (QED) is 0.672. The Labute approximate surface area is 143 Å². The predicted molar refractivity (Wildman–Crippen MR) is 93.9 cm³/mol. The molecule has 2 amide bonds. The van der Waals surface area contributed by atoms with Gasteiger partial charge in [-0.25, -0.2) is 0 Å². The van der Waals surface area contributed by atoms with Gasteiger partial charge in [-0.3, -0.25) is 9.59 Å². The molecular weight excluding hydrogens is 318 g/mol. The van der Waals surface area contributed by atoms with Gasteiger partial charge in [0.25, 0.3) is 5.91 Å². The maximum absolute atomic E-state index is 12.0. The highest BCUT2D eigenvalue weighted by molar-refractivity contribution is 5.94. The molecule has 0 aliphatic rings. The van der Waals surface area contributed by atoms with Crippen LogP contribution in [0.1, 0.15) is 27.2 Å². The molecule has 0 aliphatic carbocycles. The Morgan fingerprint density at radius 2 is 1.83 bits per heavy atom. The number of rotatable bonds is 8. The molecule has 1 rings (SSSR count). The van der Waals surface area contributed by atoms with Gasteiger partial charge in [0.15, 0.2) is 6.61 Å². The lowest BCUT2D eigenvalue weighted by Crippen LogP contribution is -2.40. The SMILES string of the molecule is CCNC(=O)COc1ccc(NC(=O)C(N)C(C)CC)cc1.Cl. The highest BCUT2D eigenvalue weighted by atomic mass is 35.5. The largest absolute Gasteiger partial charge is 0.484 e. The molecule has 7 heteroatoms. The maximum Gasteiger partial charge on any atom is 0.257 e. The number of hydrogen-bond acceptors (Lipinski definition) is 4. The summed E-state index contributed by atoms with van der Waals surface area (Å²) in [5, 5.41) is 5.42. The number of nitrogens with two attached hydrogens (primary N) is 1. The molecule has 0 bridgehead atoms. The zero-order valence-electron chi connectivity index (χ0n) is 13.8. The van der Waals surface area contributed by atoms with Crippen LogP contribution in [0.15, 0.2) is 24.3 Å². The van der Waals surface area contributed by atoms with Crippen molar-refractivity contribution in [2.45, 2.75) is 33.2 Å². The van der Waals surface area contributed by atoms with Gasteiger partial charge in [0.1, 0.15) is 5.75 Å². The fraction of sp³-hybridized carbons (Fsp3) is 0.500. The zero-order valence-corrected chi connectivity index (χ0v) is 14.6. The Balaban J connectivity index is 0.00000484. The molecule has 1 aromatic carbocycles. The molecule has 0 fully saturated rings. The Morgan fingerprint density at radius 3 is 2.35 bits per heavy atom. The number of hydrogen-bond donors (Lipinski definition) is 3. The minimum atomic E-state index is -0.529. The summed E-state index contributed by atoms with van der Waals surface area (Å²) in [6.45, 7) is 6.34. The van der Waals surface area contributed by atoms with Crippen LogP contribution in [0.5, 0.6) is 5.75 Å². The van der Waals surface area contributed by atoms with Crippen molar-refractivity contribution in [1.29, 1.82) is 0 Å². The van der Waals surface area contributed by atoms with Gasteiger partial charge in [-0.2, -0.15) is 0 Å². The van der Waals surface area contributed by atoms with E-state index in [-0.39, 0.29) is 36.7 Å². The van der Waals surface area contributed by atoms with Crippen LogP contribution in [0.3, 0.4) is 0 Å². The number of anilines is 1. The van der Waals surface area contributed by atoms with Crippen LogP contribution in [-0.4, -0.2) is 31.0 Å². The van der Waals surface area contributed by atoms with Crippen molar-refractivity contribution in [3.63, 3.8) is 0 Å². The minimum Gasteiger partial charge on any atom is -0.484 e. The molecular formula is C16H26ClN3O3. The summed E-state index contributed by atoms with van der Waals surface area (Å²) in [6.07, 6.45) is 0.848. The second-order valence-corrected chi connectivity index (χ2v) is 5.17. The lowest BCUT2D eigenvalue weighted by atomic mass is 9.99. The number of ether oxygens (including phenoxy) is 1. The van der Waals surface area contributed by atoms with E-state index in [9.17, 15) is 9.59 Å². The number of likely N-dealkylation sites (N-methyl/N-ethyl adjacent to an activating group) is 1. The van der Waals surface area contributed by atoms with E-state index >= 15 is 0 Å². The van der Waals surface area contributed by atoms with E-state index in [1.54, 1.807) is 24.3 Å². The van der Waals surface area contributed by atoms with E-state index in [4.69, 9.17) is 10.5 Å². The molecule has 6 nitrogen and oxygen atoms in total. The number of carbonyl (C=O) groups excluding carboxylic acids is 2. The van der Waals surface area contributed by atoms with Crippen molar-refractivity contribution < 1.29 is 14.3 Å². The van der Waals surface area contributed by atoms with E-state index in [0.717, 1.165) is 6.42 Å². The monoisotopic (exact) mass is 343 g/mol. The van der Waals surface area contributed by atoms with E-state index in [0.29, 0.717) is 18.0 Å². The van der Waals surface area contributed by atoms with E-state index in [1.807, 2.05) is 20.8 Å². The van der Waals surface area contributed by atoms with E-state index in [1.165, 1.54) is 0 Å². The summed E-state index contributed by atoms with van der Waals surface area (Å²) in [5.41, 5.74) is 6.52. The summed E-state index contributed by atoms with van der Waals surface area (Å²) in [4.78, 5) is 23.3. The molecule has 0 saturated heterocycles. The van der Waals surface area contributed by atoms with Gasteiger partial charge < -0.3 is 21.1 Å². The molecule has 0 spiro atoms. The number of amides is 2. The van der Waals surface area contributed by atoms with Gasteiger partial charge in [-0.15, -0.1) is 12.4 Å². The molecule has 1 aromatic rings. The van der Waals surface area contributed by atoms with E-state index in [2.05, 4.69) is 10.6 Å². The number of carbonyl (C=O) groups is 2. The van der Waals surface area contributed by atoms with Crippen LogP contribution in [-0.2, 0) is 9.59 Å². The number of halogens is 1. The lowest BCUT2D eigenvalue weighted by Gasteiger charge is -2.17. The summed E-state index contributed by atoms with van der Waals surface area (Å²) in [5.74, 6) is 0.319. The highest BCUT2D eigenvalue weighted by Gasteiger charge is 2.19. The fourth-order valence-electron chi connectivity index (χ4n) is 1.77. The van der Waals surface area contributed by atoms with Crippen molar-refractivity contribution in [3.8, 4) is 5.75 Å². The van der Waals surface area contributed by atoms with Crippen molar-refractivity contribution in [1.82, 2.24) is 5.32 Å². The first-order valence-corrected chi connectivity index (χ1v) is 7.53. The van der Waals surface area contributed by atoms with Crippen LogP contribution in [0.25, 0.3) is 0 Å². The normalized spacial score (nSPS) is 12.5. The summed E-state index contributed by atoms with van der Waals surface area (Å²) in [6, 6.07) is 6.30. The van der Waals surface area contributed by atoms with Gasteiger partial charge in [0.05, 0.1) is 6.04 Å². The van der Waals surface area contributed by atoms with Crippen molar-refractivity contribution >= 4 is 29.9 Å². The molecule has 0 radical (unpaired) electrons. The third-order valence-corrected chi connectivity index (χ3v) is 3.43. The molecule has 2 atom stereocenters. The standard InChI is InChI=1S/C16H25N3O3.ClH/c1-4-11(3)15(17)16(21)19-12-6-8-13(9-7-12)22-10-14(20)18-5-2;/h6-9,11,15H,4-5,10,17H2,1-3H3,(H,18,20)(H,19,21);1H. The highest BCUT2D eigenvalue weighted by Crippen LogP contribution is 2.16. The lowest BCUT2D eigenvalue weighted by molar-refractivity contribution is -0.123. The molecule has 130 valence electrons. The van der Waals surface area contributed by atoms with Gasteiger partial charge in [0, 0.05) is 12.2 Å². The van der Waals surface area contributed by atoms with Gasteiger partial charge in [0.2, 0.25) is 5.91 Å². The van der Waals surface area contributed by atoms with Gasteiger partial charge in [-0.1, -0.05) is 20.3 Å². The molecule has 4 N–H and O–H groups in total. The van der Waals surface area contributed by atoms with E-state index < -0.39 is 6.04 Å². The van der Waals surface area contributed by atoms with Crippen LogP contribution in [0.4, 0.5) is 5.69 Å². The fourth-order valence-corrected chi connectivity index (χ4v) is 1.77. The van der Waals surface area contributed by atoms with Crippen LogP contribution >= 0.6 is 12.4 Å². The smallest absolute Gasteiger partial charge is 0.257 e. The van der Waals surface area contributed by atoms with Crippen molar-refractivity contribution in [2.24, 2.45) is 11.7 Å². The average molecular weight is 344 g/mol. The third-order valence-electron chi connectivity index (χ3n) is 3.43. The topological polar surface area (TPSA) is 93.5 Å². The first kappa shape index (κ1) is 21.2. The second kappa shape index (κ2) is 10.9. The summed E-state index contributed by atoms with van der Waals surface area (Å²) >= 11 is 0. The molecule has 0 heterocycles. The molecule has 0 saturated carbocycles. The number of nitrogens with one attached hydrogen (secondary N) is 2. The summed E-state index contributed by atoms with van der Waals surface area (Å²) in [7, 11) is 0. The average Bonchev–Trinajstić information content (AvgIpc) is 2.53. The Hall–Kier alpha value is -1.79. The second-order valence-electron chi connectivity index (χ2n) is 5.17. The van der Waals surface area contributed by atoms with Crippen molar-refractivity contribution in [3.05, 3.63) is 24.3 Å². The van der Waals surface area contributed by atoms with Gasteiger partial charge in [-0.05, 0) is 37.1 Å². The third kappa shape index (κ3) is 7.34. The van der Waals surface area contributed by atoms with Gasteiger partial charge >= 0.3 is 0 Å². The zero-order chi connectivity index (χ0) is 16.5. The maximum atomic E-state index is 12.0. The van der Waals surface area contributed by atoms with Crippen molar-refractivity contribution in [2.75, 3.05) is 18.5 Å². The number of benzene rings is 1. The summed E-state index contributed by atoms with van der Waals surface area (Å²) < 4.78 is 5.33. The molecule has 0 aromatic heterocycles. The Morgan fingerprint density at radius 1 is 1.22 bits per heavy atom. The first-order chi connectivity index (χ1) is 10.5. The molecule has 0 aliphatic heterocycles.